The van der Waals surface area contributed by atoms with Crippen LogP contribution in [-0.2, 0) is 0 Å². The van der Waals surface area contributed by atoms with Crippen LogP contribution in [0.3, 0.4) is 0 Å². The van der Waals surface area contributed by atoms with E-state index >= 15 is 0 Å². The minimum atomic E-state index is 0.909. The number of hydrogen-bond acceptors (Lipinski definition) is 2. The summed E-state index contributed by atoms with van der Waals surface area (Å²) in [7, 11) is 0. The average Bonchev–Trinajstić information content (AvgIpc) is 3.88. The molecule has 61 heavy (non-hydrogen) atoms. The summed E-state index contributed by atoms with van der Waals surface area (Å²) in [6.45, 7) is 0. The summed E-state index contributed by atoms with van der Waals surface area (Å²) in [6.07, 6.45) is 0. The third-order valence-electron chi connectivity index (χ3n) is 12.2. The average molecular weight is 779 g/mol. The predicted octanol–water partition coefficient (Wildman–Crippen LogP) is 16.3. The standard InChI is InChI=1S/C58H38N2O/c1-2-11-44-36-45(25-24-39(44)10-1)43-28-33-48(34-29-43)59(49-12-9-13-50(38-49)60-55-17-6-3-14-51(55)52-15-4-7-18-56(52)60)47-31-26-41(27-32-47)40-20-22-42(23-21-40)46-30-35-54-53-16-5-8-19-57(53)61-58(54)37-46/h1-38H. The Morgan fingerprint density at radius 2 is 0.787 bits per heavy atom. The molecule has 286 valence electrons. The number of nitrogens with zero attached hydrogens (tertiary/aromatic N) is 2. The molecule has 2 aromatic heterocycles. The molecule has 0 bridgehead atoms. The number of anilines is 3. The Balaban J connectivity index is 0.914. The van der Waals surface area contributed by atoms with Gasteiger partial charge in [-0.25, -0.2) is 0 Å². The van der Waals surface area contributed by atoms with E-state index in [2.05, 4.69) is 228 Å². The fraction of sp³-hybridized carbons (Fsp3) is 0. The maximum Gasteiger partial charge on any atom is 0.136 e. The van der Waals surface area contributed by atoms with Gasteiger partial charge in [0.05, 0.1) is 11.0 Å². The number of hydrogen-bond donors (Lipinski definition) is 0. The van der Waals surface area contributed by atoms with E-state index in [0.29, 0.717) is 0 Å². The third kappa shape index (κ3) is 6.06. The fourth-order valence-corrected chi connectivity index (χ4v) is 9.15. The molecule has 0 unspecified atom stereocenters. The minimum absolute atomic E-state index is 0.909. The van der Waals surface area contributed by atoms with E-state index < -0.39 is 0 Å². The van der Waals surface area contributed by atoms with Crippen molar-refractivity contribution in [2.45, 2.75) is 0 Å². The molecule has 10 aromatic carbocycles. The fourth-order valence-electron chi connectivity index (χ4n) is 9.15. The van der Waals surface area contributed by atoms with Crippen molar-refractivity contribution in [1.82, 2.24) is 4.57 Å². The normalized spacial score (nSPS) is 11.6. The molecule has 0 aliphatic heterocycles. The van der Waals surface area contributed by atoms with Crippen molar-refractivity contribution >= 4 is 71.6 Å². The molecule has 12 aromatic rings. The SMILES string of the molecule is c1cc(N(c2ccc(-c3ccc(-c4ccc5c(c4)oc4ccccc45)cc3)cc2)c2ccc(-c3ccc4ccccc4c3)cc2)cc(-n2c3ccccc3c3ccccc32)c1. The van der Waals surface area contributed by atoms with Gasteiger partial charge in [-0.1, -0.05) is 152 Å². The zero-order chi connectivity index (χ0) is 40.3. The molecule has 0 N–H and O–H groups in total. The van der Waals surface area contributed by atoms with E-state index in [-0.39, 0.29) is 0 Å². The van der Waals surface area contributed by atoms with Gasteiger partial charge in [0.2, 0.25) is 0 Å². The number of para-hydroxylation sites is 3. The van der Waals surface area contributed by atoms with Crippen molar-refractivity contribution < 1.29 is 4.42 Å². The van der Waals surface area contributed by atoms with Crippen LogP contribution in [0, 0.1) is 0 Å². The molecule has 0 spiro atoms. The van der Waals surface area contributed by atoms with Gasteiger partial charge in [0.1, 0.15) is 11.2 Å². The molecule has 2 heterocycles. The lowest BCUT2D eigenvalue weighted by Crippen LogP contribution is -2.10. The zero-order valence-electron chi connectivity index (χ0n) is 33.2. The van der Waals surface area contributed by atoms with Gasteiger partial charge in [-0.15, -0.1) is 0 Å². The summed E-state index contributed by atoms with van der Waals surface area (Å²) in [5.41, 5.74) is 15.6. The lowest BCUT2D eigenvalue weighted by molar-refractivity contribution is 0.669. The summed E-state index contributed by atoms with van der Waals surface area (Å²) in [4.78, 5) is 2.36. The second kappa shape index (κ2) is 14.3. The first-order valence-corrected chi connectivity index (χ1v) is 20.8. The van der Waals surface area contributed by atoms with E-state index in [0.717, 1.165) is 61.4 Å². The van der Waals surface area contributed by atoms with Crippen molar-refractivity contribution in [2.24, 2.45) is 0 Å². The molecule has 0 saturated heterocycles. The molecule has 3 nitrogen and oxygen atoms in total. The summed E-state index contributed by atoms with van der Waals surface area (Å²) in [6, 6.07) is 83.0. The van der Waals surface area contributed by atoms with E-state index in [1.165, 1.54) is 49.3 Å². The number of furan rings is 1. The van der Waals surface area contributed by atoms with Gasteiger partial charge in [0.15, 0.2) is 0 Å². The lowest BCUT2D eigenvalue weighted by Gasteiger charge is -2.26. The van der Waals surface area contributed by atoms with Gasteiger partial charge in [-0.2, -0.15) is 0 Å². The number of fused-ring (bicyclic) bond motifs is 7. The second-order valence-electron chi connectivity index (χ2n) is 15.8. The van der Waals surface area contributed by atoms with Crippen LogP contribution >= 0.6 is 0 Å². The monoisotopic (exact) mass is 778 g/mol. The molecule has 0 aliphatic carbocycles. The summed E-state index contributed by atoms with van der Waals surface area (Å²) in [5.74, 6) is 0. The maximum absolute atomic E-state index is 6.20. The molecule has 0 aliphatic rings. The number of aromatic nitrogens is 1. The highest BCUT2D eigenvalue weighted by atomic mass is 16.3. The Morgan fingerprint density at radius 1 is 0.295 bits per heavy atom. The van der Waals surface area contributed by atoms with Crippen LogP contribution < -0.4 is 4.90 Å². The Kier molecular flexibility index (Phi) is 8.17. The van der Waals surface area contributed by atoms with Crippen molar-refractivity contribution in [3.63, 3.8) is 0 Å². The van der Waals surface area contributed by atoms with E-state index in [9.17, 15) is 0 Å². The summed E-state index contributed by atoms with van der Waals surface area (Å²) < 4.78 is 8.58. The van der Waals surface area contributed by atoms with Crippen molar-refractivity contribution in [3.05, 3.63) is 231 Å². The van der Waals surface area contributed by atoms with Gasteiger partial charge >= 0.3 is 0 Å². The molecule has 3 heteroatoms. The highest BCUT2D eigenvalue weighted by Gasteiger charge is 2.17. The molecule has 0 atom stereocenters. The first-order chi connectivity index (χ1) is 30.2. The molecule has 0 fully saturated rings. The van der Waals surface area contributed by atoms with Gasteiger partial charge in [-0.05, 0) is 123 Å². The van der Waals surface area contributed by atoms with E-state index in [1.54, 1.807) is 0 Å². The van der Waals surface area contributed by atoms with Gasteiger partial charge < -0.3 is 13.9 Å². The predicted molar refractivity (Wildman–Crippen MR) is 257 cm³/mol. The third-order valence-corrected chi connectivity index (χ3v) is 12.2. The molecule has 0 saturated carbocycles. The van der Waals surface area contributed by atoms with Gasteiger partial charge in [0.25, 0.3) is 0 Å². The Morgan fingerprint density at radius 3 is 1.46 bits per heavy atom. The first kappa shape index (κ1) is 34.9. The quantitative estimate of drug-likeness (QED) is 0.161. The van der Waals surface area contributed by atoms with Crippen LogP contribution in [0.2, 0.25) is 0 Å². The van der Waals surface area contributed by atoms with Crippen LogP contribution in [-0.4, -0.2) is 4.57 Å². The van der Waals surface area contributed by atoms with E-state index in [4.69, 9.17) is 4.42 Å². The minimum Gasteiger partial charge on any atom is -0.456 e. The van der Waals surface area contributed by atoms with Crippen LogP contribution in [0.5, 0.6) is 0 Å². The Bertz CT molecular complexity index is 3520. The summed E-state index contributed by atoms with van der Waals surface area (Å²) in [5, 5.41) is 7.28. The largest absolute Gasteiger partial charge is 0.456 e. The Labute approximate surface area is 353 Å². The van der Waals surface area contributed by atoms with Gasteiger partial charge in [0, 0.05) is 44.3 Å². The van der Waals surface area contributed by atoms with Crippen LogP contribution in [0.15, 0.2) is 235 Å². The second-order valence-corrected chi connectivity index (χ2v) is 15.8. The lowest BCUT2D eigenvalue weighted by atomic mass is 9.99. The highest BCUT2D eigenvalue weighted by Crippen LogP contribution is 2.40. The molecule has 0 radical (unpaired) electrons. The van der Waals surface area contributed by atoms with Crippen molar-refractivity contribution in [1.29, 1.82) is 0 Å². The molecular weight excluding hydrogens is 741 g/mol. The highest BCUT2D eigenvalue weighted by molar-refractivity contribution is 6.09. The molecule has 0 amide bonds. The summed E-state index contributed by atoms with van der Waals surface area (Å²) >= 11 is 0. The van der Waals surface area contributed by atoms with E-state index in [1.807, 2.05) is 12.1 Å². The van der Waals surface area contributed by atoms with Crippen LogP contribution in [0.25, 0.3) is 93.6 Å². The van der Waals surface area contributed by atoms with Gasteiger partial charge in [-0.3, -0.25) is 0 Å². The van der Waals surface area contributed by atoms with Crippen molar-refractivity contribution in [3.8, 4) is 39.1 Å². The first-order valence-electron chi connectivity index (χ1n) is 20.8. The molecular formula is C58H38N2O. The number of benzene rings is 10. The Hall–Kier alpha value is -8.14. The van der Waals surface area contributed by atoms with Crippen molar-refractivity contribution in [2.75, 3.05) is 4.90 Å². The maximum atomic E-state index is 6.20. The van der Waals surface area contributed by atoms with Crippen LogP contribution in [0.4, 0.5) is 17.1 Å². The number of rotatable bonds is 7. The zero-order valence-corrected chi connectivity index (χ0v) is 33.2. The van der Waals surface area contributed by atoms with Crippen LogP contribution in [0.1, 0.15) is 0 Å². The topological polar surface area (TPSA) is 21.3 Å². The molecule has 12 rings (SSSR count). The smallest absolute Gasteiger partial charge is 0.136 e.